The molecular weight excluding hydrogens is 266 g/mol. The Kier molecular flexibility index (Phi) is 3.22. The van der Waals surface area contributed by atoms with Gasteiger partial charge in [0.25, 0.3) is 5.91 Å². The summed E-state index contributed by atoms with van der Waals surface area (Å²) in [6.45, 7) is 0. The van der Waals surface area contributed by atoms with Crippen molar-refractivity contribution >= 4 is 11.9 Å². The average molecular weight is 281 g/mol. The normalized spacial score (nSPS) is 21.0. The van der Waals surface area contributed by atoms with Crippen LogP contribution >= 0.6 is 0 Å². The van der Waals surface area contributed by atoms with Crippen LogP contribution in [-0.2, 0) is 4.79 Å². The van der Waals surface area contributed by atoms with E-state index in [1.807, 2.05) is 30.3 Å². The Bertz CT molecular complexity index is 696. The maximum atomic E-state index is 12.5. The summed E-state index contributed by atoms with van der Waals surface area (Å²) in [5.41, 5.74) is 1.89. The van der Waals surface area contributed by atoms with Gasteiger partial charge in [0.1, 0.15) is 5.92 Å². The topological polar surface area (TPSA) is 57.6 Å². The Hall–Kier alpha value is -2.62. The molecule has 1 amide bonds. The van der Waals surface area contributed by atoms with E-state index in [1.165, 1.54) is 4.90 Å². The zero-order valence-corrected chi connectivity index (χ0v) is 11.6. The van der Waals surface area contributed by atoms with E-state index in [0.717, 1.165) is 5.56 Å². The molecule has 0 spiro atoms. The number of hydrogen-bond acceptors (Lipinski definition) is 2. The van der Waals surface area contributed by atoms with Gasteiger partial charge in [-0.2, -0.15) is 0 Å². The van der Waals surface area contributed by atoms with Crippen molar-refractivity contribution in [1.82, 2.24) is 4.90 Å². The molecule has 21 heavy (non-hydrogen) atoms. The minimum absolute atomic E-state index is 0.142. The number of rotatable bonds is 2. The van der Waals surface area contributed by atoms with Crippen molar-refractivity contribution in [3.8, 4) is 0 Å². The highest BCUT2D eigenvalue weighted by Gasteiger charge is 2.42. The summed E-state index contributed by atoms with van der Waals surface area (Å²) in [4.78, 5) is 25.8. The first-order chi connectivity index (χ1) is 10.1. The van der Waals surface area contributed by atoms with E-state index < -0.39 is 17.9 Å². The number of carbonyl (C=O) groups excluding carboxylic acids is 1. The molecule has 0 radical (unpaired) electrons. The molecule has 1 N–H and O–H groups in total. The standard InChI is InChI=1S/C17H15NO3/c1-18-15(11-7-3-2-4-8-11)14(17(20)21)12-9-5-6-10-13(12)16(18)19/h2-10,14-15H,1H3,(H,20,21)/t14-,15-/m0/s1. The molecule has 2 aromatic rings. The van der Waals surface area contributed by atoms with E-state index in [0.29, 0.717) is 11.1 Å². The van der Waals surface area contributed by atoms with Crippen LogP contribution in [0, 0.1) is 0 Å². The van der Waals surface area contributed by atoms with Crippen LogP contribution in [0.25, 0.3) is 0 Å². The molecule has 4 nitrogen and oxygen atoms in total. The first-order valence-electron chi connectivity index (χ1n) is 6.75. The van der Waals surface area contributed by atoms with Gasteiger partial charge >= 0.3 is 5.97 Å². The summed E-state index contributed by atoms with van der Waals surface area (Å²) in [5.74, 6) is -1.82. The Morgan fingerprint density at radius 3 is 2.33 bits per heavy atom. The molecule has 0 saturated carbocycles. The summed E-state index contributed by atoms with van der Waals surface area (Å²) >= 11 is 0. The van der Waals surface area contributed by atoms with Crippen molar-refractivity contribution in [3.05, 3.63) is 71.3 Å². The lowest BCUT2D eigenvalue weighted by Gasteiger charge is -2.38. The van der Waals surface area contributed by atoms with Crippen LogP contribution in [-0.4, -0.2) is 28.9 Å². The summed E-state index contributed by atoms with van der Waals surface area (Å²) in [6, 6.07) is 15.8. The second-order valence-electron chi connectivity index (χ2n) is 5.17. The Labute approximate surface area is 122 Å². The molecule has 0 fully saturated rings. The maximum absolute atomic E-state index is 12.5. The number of aliphatic carboxylic acids is 1. The van der Waals surface area contributed by atoms with Gasteiger partial charge in [0.2, 0.25) is 0 Å². The SMILES string of the molecule is CN1C(=O)c2ccccc2[C@H](C(=O)O)[C@@H]1c1ccccc1. The van der Waals surface area contributed by atoms with E-state index in [-0.39, 0.29) is 5.91 Å². The molecule has 2 aromatic carbocycles. The van der Waals surface area contributed by atoms with E-state index >= 15 is 0 Å². The number of amides is 1. The zero-order valence-electron chi connectivity index (χ0n) is 11.6. The minimum atomic E-state index is -0.921. The third-order valence-corrected chi connectivity index (χ3v) is 3.99. The molecule has 1 aliphatic rings. The molecule has 0 aromatic heterocycles. The van der Waals surface area contributed by atoms with Crippen LogP contribution in [0.3, 0.4) is 0 Å². The average Bonchev–Trinajstić information content (AvgIpc) is 2.51. The van der Waals surface area contributed by atoms with E-state index in [2.05, 4.69) is 0 Å². The van der Waals surface area contributed by atoms with Crippen LogP contribution in [0.4, 0.5) is 0 Å². The second-order valence-corrected chi connectivity index (χ2v) is 5.17. The molecule has 0 saturated heterocycles. The fourth-order valence-corrected chi connectivity index (χ4v) is 3.01. The van der Waals surface area contributed by atoms with Crippen LogP contribution in [0.1, 0.15) is 33.4 Å². The number of fused-ring (bicyclic) bond motifs is 1. The molecule has 1 heterocycles. The number of carboxylic acids is 1. The Morgan fingerprint density at radius 2 is 1.67 bits per heavy atom. The van der Waals surface area contributed by atoms with Crippen LogP contribution < -0.4 is 0 Å². The number of carbonyl (C=O) groups is 2. The van der Waals surface area contributed by atoms with E-state index in [1.54, 1.807) is 31.3 Å². The lowest BCUT2D eigenvalue weighted by molar-refractivity contribution is -0.140. The molecule has 0 bridgehead atoms. The first-order valence-corrected chi connectivity index (χ1v) is 6.75. The number of likely N-dealkylation sites (N-methyl/N-ethyl adjacent to an activating group) is 1. The minimum Gasteiger partial charge on any atom is -0.481 e. The molecule has 3 rings (SSSR count). The van der Waals surface area contributed by atoms with Crippen LogP contribution in [0.5, 0.6) is 0 Å². The molecule has 0 unspecified atom stereocenters. The highest BCUT2D eigenvalue weighted by molar-refractivity contribution is 6.00. The molecular formula is C17H15NO3. The molecule has 4 heteroatoms. The summed E-state index contributed by atoms with van der Waals surface area (Å²) in [5, 5.41) is 9.68. The summed E-state index contributed by atoms with van der Waals surface area (Å²) < 4.78 is 0. The highest BCUT2D eigenvalue weighted by Crippen LogP contribution is 2.41. The van der Waals surface area contributed by atoms with Crippen molar-refractivity contribution in [2.24, 2.45) is 0 Å². The third-order valence-electron chi connectivity index (χ3n) is 3.99. The number of benzene rings is 2. The highest BCUT2D eigenvalue weighted by atomic mass is 16.4. The number of hydrogen-bond donors (Lipinski definition) is 1. The van der Waals surface area contributed by atoms with Crippen molar-refractivity contribution in [3.63, 3.8) is 0 Å². The van der Waals surface area contributed by atoms with Gasteiger partial charge in [0.05, 0.1) is 6.04 Å². The quantitative estimate of drug-likeness (QED) is 0.920. The third kappa shape index (κ3) is 2.09. The first kappa shape index (κ1) is 13.4. The molecule has 1 aliphatic heterocycles. The lowest BCUT2D eigenvalue weighted by Crippen LogP contribution is -2.42. The maximum Gasteiger partial charge on any atom is 0.313 e. The van der Waals surface area contributed by atoms with Gasteiger partial charge in [-0.3, -0.25) is 9.59 Å². The number of nitrogens with zero attached hydrogens (tertiary/aromatic N) is 1. The van der Waals surface area contributed by atoms with Gasteiger partial charge in [0.15, 0.2) is 0 Å². The van der Waals surface area contributed by atoms with E-state index in [4.69, 9.17) is 0 Å². The van der Waals surface area contributed by atoms with Gasteiger partial charge in [-0.25, -0.2) is 0 Å². The van der Waals surface area contributed by atoms with Crippen molar-refractivity contribution < 1.29 is 14.7 Å². The van der Waals surface area contributed by atoms with E-state index in [9.17, 15) is 14.7 Å². The summed E-state index contributed by atoms with van der Waals surface area (Å²) in [7, 11) is 1.66. The largest absolute Gasteiger partial charge is 0.481 e. The smallest absolute Gasteiger partial charge is 0.313 e. The monoisotopic (exact) mass is 281 g/mol. The molecule has 0 aliphatic carbocycles. The fraction of sp³-hybridized carbons (Fsp3) is 0.176. The zero-order chi connectivity index (χ0) is 15.0. The van der Waals surface area contributed by atoms with Gasteiger partial charge in [-0.15, -0.1) is 0 Å². The van der Waals surface area contributed by atoms with Crippen molar-refractivity contribution in [1.29, 1.82) is 0 Å². The fourth-order valence-electron chi connectivity index (χ4n) is 3.01. The van der Waals surface area contributed by atoms with Gasteiger partial charge in [0, 0.05) is 12.6 Å². The van der Waals surface area contributed by atoms with Gasteiger partial charge in [-0.1, -0.05) is 48.5 Å². The van der Waals surface area contributed by atoms with Crippen molar-refractivity contribution in [2.75, 3.05) is 7.05 Å². The molecule has 2 atom stereocenters. The van der Waals surface area contributed by atoms with Crippen LogP contribution in [0.2, 0.25) is 0 Å². The summed E-state index contributed by atoms with van der Waals surface area (Å²) in [6.07, 6.45) is 0. The van der Waals surface area contributed by atoms with Gasteiger partial charge < -0.3 is 10.0 Å². The number of carboxylic acid groups (broad SMARTS) is 1. The molecule has 106 valence electrons. The van der Waals surface area contributed by atoms with Crippen LogP contribution in [0.15, 0.2) is 54.6 Å². The Balaban J connectivity index is 2.20. The van der Waals surface area contributed by atoms with Crippen molar-refractivity contribution in [2.45, 2.75) is 12.0 Å². The van der Waals surface area contributed by atoms with Gasteiger partial charge in [-0.05, 0) is 17.2 Å². The predicted octanol–water partition coefficient (Wildman–Crippen LogP) is 2.68. The lowest BCUT2D eigenvalue weighted by atomic mass is 9.80. The second kappa shape index (κ2) is 5.05. The predicted molar refractivity (Wildman–Crippen MR) is 78.1 cm³/mol. The Morgan fingerprint density at radius 1 is 1.05 bits per heavy atom.